The Kier molecular flexibility index (Phi) is 6.18. The number of hydrogen-bond acceptors (Lipinski definition) is 3. The minimum absolute atomic E-state index is 0.0905. The highest BCUT2D eigenvalue weighted by Gasteiger charge is 2.15. The number of aryl methyl sites for hydroxylation is 1. The molecule has 0 aromatic heterocycles. The normalized spacial score (nSPS) is 12.2. The first kappa shape index (κ1) is 16.2. The molecular formula is C15H22N2O3. The number of nitrogens with one attached hydrogen (secondary N) is 1. The van der Waals surface area contributed by atoms with E-state index >= 15 is 0 Å². The molecule has 1 aromatic carbocycles. The second-order valence-corrected chi connectivity index (χ2v) is 4.84. The fraction of sp³-hybridized carbons (Fsp3) is 0.467. The summed E-state index contributed by atoms with van der Waals surface area (Å²) in [6.45, 7) is 6.26. The first-order chi connectivity index (χ1) is 9.43. The number of hydrogen-bond donors (Lipinski definition) is 2. The van der Waals surface area contributed by atoms with Gasteiger partial charge in [0.15, 0.2) is 0 Å². The summed E-state index contributed by atoms with van der Waals surface area (Å²) in [5.74, 6) is -1.09. The average Bonchev–Trinajstić information content (AvgIpc) is 2.37. The second kappa shape index (κ2) is 7.65. The summed E-state index contributed by atoms with van der Waals surface area (Å²) in [6, 6.07) is 7.79. The van der Waals surface area contributed by atoms with E-state index in [0.29, 0.717) is 6.54 Å². The van der Waals surface area contributed by atoms with Gasteiger partial charge in [0.25, 0.3) is 0 Å². The van der Waals surface area contributed by atoms with Crippen LogP contribution in [0.15, 0.2) is 24.3 Å². The molecule has 5 nitrogen and oxygen atoms in total. The molecule has 0 bridgehead atoms. The number of amides is 1. The zero-order valence-corrected chi connectivity index (χ0v) is 12.2. The van der Waals surface area contributed by atoms with Crippen LogP contribution >= 0.6 is 0 Å². The van der Waals surface area contributed by atoms with Gasteiger partial charge in [-0.05, 0) is 31.5 Å². The predicted molar refractivity (Wildman–Crippen MR) is 77.5 cm³/mol. The Labute approximate surface area is 119 Å². The fourth-order valence-electron chi connectivity index (χ4n) is 2.11. The van der Waals surface area contributed by atoms with Crippen molar-refractivity contribution >= 4 is 11.9 Å². The van der Waals surface area contributed by atoms with Gasteiger partial charge in [0.1, 0.15) is 0 Å². The molecule has 0 heterocycles. The highest BCUT2D eigenvalue weighted by atomic mass is 16.4. The van der Waals surface area contributed by atoms with Gasteiger partial charge in [0, 0.05) is 0 Å². The first-order valence-corrected chi connectivity index (χ1v) is 6.73. The lowest BCUT2D eigenvalue weighted by atomic mass is 10.0. The number of carbonyl (C=O) groups is 2. The number of carboxylic acids is 1. The SMILES string of the molecule is CCN(CC(=O)O)CC(=O)NC(C)c1ccccc1C. The summed E-state index contributed by atoms with van der Waals surface area (Å²) in [5.41, 5.74) is 2.19. The molecule has 0 saturated carbocycles. The molecule has 1 atom stereocenters. The van der Waals surface area contributed by atoms with Crippen LogP contribution in [-0.2, 0) is 9.59 Å². The molecule has 1 rings (SSSR count). The molecule has 0 saturated heterocycles. The summed E-state index contributed by atoms with van der Waals surface area (Å²) >= 11 is 0. The molecule has 5 heteroatoms. The largest absolute Gasteiger partial charge is 0.480 e. The molecule has 0 aliphatic carbocycles. The lowest BCUT2D eigenvalue weighted by Gasteiger charge is -2.21. The van der Waals surface area contributed by atoms with Gasteiger partial charge in [0.05, 0.1) is 19.1 Å². The Morgan fingerprint density at radius 1 is 1.30 bits per heavy atom. The molecule has 110 valence electrons. The third kappa shape index (κ3) is 5.01. The lowest BCUT2D eigenvalue weighted by molar-refractivity contribution is -0.138. The zero-order valence-electron chi connectivity index (χ0n) is 12.2. The highest BCUT2D eigenvalue weighted by molar-refractivity contribution is 5.79. The third-order valence-electron chi connectivity index (χ3n) is 3.21. The van der Waals surface area contributed by atoms with Crippen molar-refractivity contribution in [2.24, 2.45) is 0 Å². The summed E-state index contributed by atoms with van der Waals surface area (Å²) in [5, 5.41) is 11.7. The van der Waals surface area contributed by atoms with Gasteiger partial charge in [-0.15, -0.1) is 0 Å². The molecule has 0 aliphatic rings. The Morgan fingerprint density at radius 2 is 1.95 bits per heavy atom. The number of carboxylic acid groups (broad SMARTS) is 1. The maximum absolute atomic E-state index is 11.9. The van der Waals surface area contributed by atoms with Gasteiger partial charge >= 0.3 is 5.97 Å². The van der Waals surface area contributed by atoms with E-state index in [-0.39, 0.29) is 25.0 Å². The number of rotatable bonds is 7. The first-order valence-electron chi connectivity index (χ1n) is 6.73. The van der Waals surface area contributed by atoms with E-state index in [0.717, 1.165) is 11.1 Å². The highest BCUT2D eigenvalue weighted by Crippen LogP contribution is 2.16. The van der Waals surface area contributed by atoms with Crippen LogP contribution in [0.3, 0.4) is 0 Å². The van der Waals surface area contributed by atoms with E-state index in [1.54, 1.807) is 4.90 Å². The van der Waals surface area contributed by atoms with Gasteiger partial charge in [0.2, 0.25) is 5.91 Å². The zero-order chi connectivity index (χ0) is 15.1. The van der Waals surface area contributed by atoms with Crippen LogP contribution in [0.4, 0.5) is 0 Å². The van der Waals surface area contributed by atoms with Crippen molar-refractivity contribution in [1.29, 1.82) is 0 Å². The summed E-state index contributed by atoms with van der Waals surface area (Å²) in [6.07, 6.45) is 0. The Bertz CT molecular complexity index is 474. The van der Waals surface area contributed by atoms with E-state index in [9.17, 15) is 9.59 Å². The van der Waals surface area contributed by atoms with Crippen molar-refractivity contribution in [3.8, 4) is 0 Å². The predicted octanol–water partition coefficient (Wildman–Crippen LogP) is 1.58. The van der Waals surface area contributed by atoms with Crippen LogP contribution in [0.25, 0.3) is 0 Å². The van der Waals surface area contributed by atoms with Crippen LogP contribution in [0.2, 0.25) is 0 Å². The van der Waals surface area contributed by atoms with Crippen molar-refractivity contribution in [2.75, 3.05) is 19.6 Å². The minimum atomic E-state index is -0.924. The molecule has 0 aliphatic heterocycles. The van der Waals surface area contributed by atoms with Crippen molar-refractivity contribution in [3.05, 3.63) is 35.4 Å². The molecule has 1 amide bonds. The second-order valence-electron chi connectivity index (χ2n) is 4.84. The van der Waals surface area contributed by atoms with E-state index in [2.05, 4.69) is 5.32 Å². The van der Waals surface area contributed by atoms with Crippen LogP contribution in [0, 0.1) is 6.92 Å². The maximum atomic E-state index is 11.9. The number of nitrogens with zero attached hydrogens (tertiary/aromatic N) is 1. The van der Waals surface area contributed by atoms with Crippen molar-refractivity contribution < 1.29 is 14.7 Å². The maximum Gasteiger partial charge on any atom is 0.317 e. The monoisotopic (exact) mass is 278 g/mol. The van der Waals surface area contributed by atoms with Crippen LogP contribution in [0.1, 0.15) is 31.0 Å². The Hall–Kier alpha value is -1.88. The number of likely N-dealkylation sites (N-methyl/N-ethyl adjacent to an activating group) is 1. The fourth-order valence-corrected chi connectivity index (χ4v) is 2.11. The van der Waals surface area contributed by atoms with Gasteiger partial charge in [-0.2, -0.15) is 0 Å². The molecule has 2 N–H and O–H groups in total. The van der Waals surface area contributed by atoms with Crippen LogP contribution in [-0.4, -0.2) is 41.5 Å². The van der Waals surface area contributed by atoms with Gasteiger partial charge in [-0.1, -0.05) is 31.2 Å². The van der Waals surface area contributed by atoms with Crippen LogP contribution in [0.5, 0.6) is 0 Å². The smallest absolute Gasteiger partial charge is 0.317 e. The van der Waals surface area contributed by atoms with E-state index < -0.39 is 5.97 Å². The van der Waals surface area contributed by atoms with Gasteiger partial charge in [-0.25, -0.2) is 0 Å². The summed E-state index contributed by atoms with van der Waals surface area (Å²) < 4.78 is 0. The van der Waals surface area contributed by atoms with Gasteiger partial charge in [-0.3, -0.25) is 14.5 Å². The molecule has 0 fully saturated rings. The minimum Gasteiger partial charge on any atom is -0.480 e. The quantitative estimate of drug-likeness (QED) is 0.794. The standard InChI is InChI=1S/C15H22N2O3/c1-4-17(10-15(19)20)9-14(18)16-12(3)13-8-6-5-7-11(13)2/h5-8,12H,4,9-10H2,1-3H3,(H,16,18)(H,19,20). The lowest BCUT2D eigenvalue weighted by Crippen LogP contribution is -2.40. The Morgan fingerprint density at radius 3 is 2.50 bits per heavy atom. The number of benzene rings is 1. The van der Waals surface area contributed by atoms with Crippen LogP contribution < -0.4 is 5.32 Å². The molecule has 20 heavy (non-hydrogen) atoms. The van der Waals surface area contributed by atoms with Crippen molar-refractivity contribution in [2.45, 2.75) is 26.8 Å². The number of aliphatic carboxylic acids is 1. The third-order valence-corrected chi connectivity index (χ3v) is 3.21. The molecule has 0 spiro atoms. The molecule has 1 unspecified atom stereocenters. The molecular weight excluding hydrogens is 256 g/mol. The molecule has 1 aromatic rings. The topological polar surface area (TPSA) is 69.6 Å². The van der Waals surface area contributed by atoms with E-state index in [1.807, 2.05) is 45.0 Å². The van der Waals surface area contributed by atoms with E-state index in [1.165, 1.54) is 0 Å². The van der Waals surface area contributed by atoms with Crippen molar-refractivity contribution in [3.63, 3.8) is 0 Å². The average molecular weight is 278 g/mol. The van der Waals surface area contributed by atoms with Gasteiger partial charge < -0.3 is 10.4 Å². The van der Waals surface area contributed by atoms with E-state index in [4.69, 9.17) is 5.11 Å². The Balaban J connectivity index is 2.57. The summed E-state index contributed by atoms with van der Waals surface area (Å²) in [4.78, 5) is 24.2. The van der Waals surface area contributed by atoms with Crippen molar-refractivity contribution in [1.82, 2.24) is 10.2 Å². The number of carbonyl (C=O) groups excluding carboxylic acids is 1. The summed E-state index contributed by atoms with van der Waals surface area (Å²) in [7, 11) is 0. The molecule has 0 radical (unpaired) electrons.